The summed E-state index contributed by atoms with van der Waals surface area (Å²) in [5.41, 5.74) is 5.03. The van der Waals surface area contributed by atoms with Crippen LogP contribution in [0.5, 0.6) is 0 Å². The summed E-state index contributed by atoms with van der Waals surface area (Å²) < 4.78 is 1.68. The molecule has 0 atom stereocenters. The lowest BCUT2D eigenvalue weighted by molar-refractivity contribution is -0.118. The first-order valence-electron chi connectivity index (χ1n) is 9.24. The number of nitrogens with zero attached hydrogens (tertiary/aromatic N) is 4. The predicted octanol–water partition coefficient (Wildman–Crippen LogP) is 3.59. The van der Waals surface area contributed by atoms with Gasteiger partial charge in [-0.1, -0.05) is 19.1 Å². The number of rotatable bonds is 6. The topological polar surface area (TPSA) is 68.1 Å². The molecule has 6 nitrogen and oxygen atoms in total. The van der Waals surface area contributed by atoms with Gasteiger partial charge in [0.2, 0.25) is 5.91 Å². The van der Waals surface area contributed by atoms with E-state index < -0.39 is 0 Å². The number of carbonyl (C=O) groups excluding carboxylic acids is 2. The molecule has 0 aliphatic carbocycles. The molecule has 0 fully saturated rings. The van der Waals surface area contributed by atoms with Crippen LogP contribution in [0.3, 0.4) is 0 Å². The van der Waals surface area contributed by atoms with Crippen LogP contribution in [0.1, 0.15) is 35.1 Å². The highest BCUT2D eigenvalue weighted by Crippen LogP contribution is 2.27. The van der Waals surface area contributed by atoms with Crippen molar-refractivity contribution in [1.82, 2.24) is 14.8 Å². The van der Waals surface area contributed by atoms with Crippen molar-refractivity contribution >= 4 is 17.4 Å². The highest BCUT2D eigenvalue weighted by Gasteiger charge is 2.13. The molecule has 0 N–H and O–H groups in total. The Morgan fingerprint density at radius 1 is 1.14 bits per heavy atom. The number of benzene rings is 1. The molecule has 0 radical (unpaired) electrons. The van der Waals surface area contributed by atoms with Crippen LogP contribution < -0.4 is 4.90 Å². The monoisotopic (exact) mass is 376 g/mol. The Morgan fingerprint density at radius 3 is 2.50 bits per heavy atom. The average Bonchev–Trinajstić information content (AvgIpc) is 3.11. The van der Waals surface area contributed by atoms with E-state index in [9.17, 15) is 9.59 Å². The molecule has 0 unspecified atom stereocenters. The van der Waals surface area contributed by atoms with Crippen molar-refractivity contribution in [2.45, 2.75) is 26.7 Å². The normalized spacial score (nSPS) is 10.7. The van der Waals surface area contributed by atoms with E-state index in [0.717, 1.165) is 28.1 Å². The minimum absolute atomic E-state index is 0.0583. The van der Waals surface area contributed by atoms with Crippen LogP contribution in [0.15, 0.2) is 48.8 Å². The van der Waals surface area contributed by atoms with Crippen LogP contribution in [0.2, 0.25) is 0 Å². The molecule has 0 saturated heterocycles. The smallest absolute Gasteiger partial charge is 0.226 e. The molecule has 0 aliphatic heterocycles. The fourth-order valence-corrected chi connectivity index (χ4v) is 3.09. The average molecular weight is 376 g/mol. The summed E-state index contributed by atoms with van der Waals surface area (Å²) in [4.78, 5) is 30.3. The Bertz CT molecular complexity index is 1010. The molecule has 3 rings (SSSR count). The van der Waals surface area contributed by atoms with Crippen LogP contribution in [0, 0.1) is 6.92 Å². The van der Waals surface area contributed by atoms with Gasteiger partial charge >= 0.3 is 0 Å². The number of anilines is 1. The summed E-state index contributed by atoms with van der Waals surface area (Å²) in [6.45, 7) is 3.85. The Hall–Kier alpha value is -3.28. The lowest BCUT2D eigenvalue weighted by Crippen LogP contribution is -2.25. The number of hydrogen-bond donors (Lipinski definition) is 0. The first-order chi connectivity index (χ1) is 13.4. The summed E-state index contributed by atoms with van der Waals surface area (Å²) in [6, 6.07) is 11.4. The van der Waals surface area contributed by atoms with E-state index in [1.54, 1.807) is 28.9 Å². The van der Waals surface area contributed by atoms with Gasteiger partial charge in [-0.2, -0.15) is 5.10 Å². The quantitative estimate of drug-likeness (QED) is 0.617. The van der Waals surface area contributed by atoms with Gasteiger partial charge in [-0.3, -0.25) is 19.3 Å². The SMILES string of the molecule is CCC(=O)N(C)c1ccc(-c2ccc(C(=O)Cc3ccn(C)n3)nc2)c(C)c1. The van der Waals surface area contributed by atoms with Gasteiger partial charge in [0.25, 0.3) is 0 Å². The molecule has 3 aromatic rings. The Labute approximate surface area is 164 Å². The van der Waals surface area contributed by atoms with Gasteiger partial charge < -0.3 is 4.90 Å². The van der Waals surface area contributed by atoms with Crippen molar-refractivity contribution in [3.63, 3.8) is 0 Å². The molecule has 144 valence electrons. The third-order valence-electron chi connectivity index (χ3n) is 4.74. The molecule has 28 heavy (non-hydrogen) atoms. The van der Waals surface area contributed by atoms with Gasteiger partial charge in [0.05, 0.1) is 12.1 Å². The van der Waals surface area contributed by atoms with Gasteiger partial charge in [-0.05, 0) is 42.3 Å². The van der Waals surface area contributed by atoms with Crippen molar-refractivity contribution < 1.29 is 9.59 Å². The van der Waals surface area contributed by atoms with Gasteiger partial charge in [0.1, 0.15) is 5.69 Å². The number of pyridine rings is 1. The zero-order chi connectivity index (χ0) is 20.3. The molecule has 2 aromatic heterocycles. The standard InChI is InChI=1S/C22H24N4O2/c1-5-22(28)26(4)18-7-8-19(15(2)12-18)16-6-9-20(23-14-16)21(27)13-17-10-11-25(3)24-17/h6-12,14H,5,13H2,1-4H3. The maximum absolute atomic E-state index is 12.4. The summed E-state index contributed by atoms with van der Waals surface area (Å²) in [5, 5.41) is 4.23. The van der Waals surface area contributed by atoms with Gasteiger partial charge in [0.15, 0.2) is 5.78 Å². The number of carbonyl (C=O) groups is 2. The summed E-state index contributed by atoms with van der Waals surface area (Å²) in [6.07, 6.45) is 4.24. The highest BCUT2D eigenvalue weighted by molar-refractivity contribution is 5.96. The third-order valence-corrected chi connectivity index (χ3v) is 4.74. The minimum atomic E-state index is -0.0583. The molecule has 0 bridgehead atoms. The molecule has 1 aromatic carbocycles. The maximum Gasteiger partial charge on any atom is 0.226 e. The molecule has 0 spiro atoms. The molecule has 0 aliphatic rings. The molecule has 1 amide bonds. The van der Waals surface area contributed by atoms with Gasteiger partial charge in [-0.25, -0.2) is 0 Å². The Balaban J connectivity index is 1.77. The van der Waals surface area contributed by atoms with Crippen LogP contribution >= 0.6 is 0 Å². The fraction of sp³-hybridized carbons (Fsp3) is 0.273. The lowest BCUT2D eigenvalue weighted by Gasteiger charge is -2.18. The van der Waals surface area contributed by atoms with E-state index in [1.165, 1.54) is 0 Å². The first-order valence-corrected chi connectivity index (χ1v) is 9.24. The van der Waals surface area contributed by atoms with Crippen molar-refractivity contribution in [2.75, 3.05) is 11.9 Å². The number of hydrogen-bond acceptors (Lipinski definition) is 4. The van der Waals surface area contributed by atoms with E-state index in [4.69, 9.17) is 0 Å². The minimum Gasteiger partial charge on any atom is -0.316 e. The second-order valence-corrected chi connectivity index (χ2v) is 6.82. The summed E-state index contributed by atoms with van der Waals surface area (Å²) >= 11 is 0. The lowest BCUT2D eigenvalue weighted by atomic mass is 10.0. The summed E-state index contributed by atoms with van der Waals surface area (Å²) in [5.74, 6) is 0.0154. The van der Waals surface area contributed by atoms with Crippen LogP contribution in [-0.4, -0.2) is 33.5 Å². The van der Waals surface area contributed by atoms with E-state index in [2.05, 4.69) is 10.1 Å². The zero-order valence-electron chi connectivity index (χ0n) is 16.6. The van der Waals surface area contributed by atoms with Crippen molar-refractivity contribution in [1.29, 1.82) is 0 Å². The second-order valence-electron chi connectivity index (χ2n) is 6.82. The Kier molecular flexibility index (Phi) is 5.68. The van der Waals surface area contributed by atoms with Crippen molar-refractivity contribution in [3.8, 4) is 11.1 Å². The predicted molar refractivity (Wildman–Crippen MR) is 109 cm³/mol. The van der Waals surface area contributed by atoms with Crippen LogP contribution in [0.25, 0.3) is 11.1 Å². The number of aromatic nitrogens is 3. The molecule has 0 saturated carbocycles. The largest absolute Gasteiger partial charge is 0.316 e. The molecular formula is C22H24N4O2. The maximum atomic E-state index is 12.4. The summed E-state index contributed by atoms with van der Waals surface area (Å²) in [7, 11) is 3.61. The van der Waals surface area contributed by atoms with E-state index in [0.29, 0.717) is 12.1 Å². The highest BCUT2D eigenvalue weighted by atomic mass is 16.2. The van der Waals surface area contributed by atoms with E-state index >= 15 is 0 Å². The number of amides is 1. The Morgan fingerprint density at radius 2 is 1.93 bits per heavy atom. The molecule has 2 heterocycles. The van der Waals surface area contributed by atoms with Gasteiger partial charge in [0, 0.05) is 44.2 Å². The number of Topliss-reactive ketones (excluding diaryl/α,β-unsaturated/α-hetero) is 1. The first kappa shape index (κ1) is 19.5. The van der Waals surface area contributed by atoms with Crippen molar-refractivity contribution in [3.05, 3.63) is 65.7 Å². The van der Waals surface area contributed by atoms with Crippen LogP contribution in [0.4, 0.5) is 5.69 Å². The second kappa shape index (κ2) is 8.17. The molecular weight excluding hydrogens is 352 g/mol. The number of ketones is 1. The molecule has 6 heteroatoms. The van der Waals surface area contributed by atoms with Crippen molar-refractivity contribution in [2.24, 2.45) is 7.05 Å². The fourth-order valence-electron chi connectivity index (χ4n) is 3.09. The third kappa shape index (κ3) is 4.17. The number of aryl methyl sites for hydroxylation is 2. The van der Waals surface area contributed by atoms with E-state index in [-0.39, 0.29) is 18.1 Å². The van der Waals surface area contributed by atoms with Crippen LogP contribution in [-0.2, 0) is 18.3 Å². The van der Waals surface area contributed by atoms with E-state index in [1.807, 2.05) is 57.4 Å². The van der Waals surface area contributed by atoms with Gasteiger partial charge in [-0.15, -0.1) is 0 Å². The zero-order valence-corrected chi connectivity index (χ0v) is 16.6.